The summed E-state index contributed by atoms with van der Waals surface area (Å²) in [6, 6.07) is 0. The molecule has 0 aliphatic heterocycles. The van der Waals surface area contributed by atoms with E-state index in [4.69, 9.17) is 14.2 Å². The van der Waals surface area contributed by atoms with Crippen molar-refractivity contribution in [1.29, 1.82) is 0 Å². The maximum atomic E-state index is 11.9. The van der Waals surface area contributed by atoms with Crippen LogP contribution in [0.1, 0.15) is 67.2 Å². The first-order chi connectivity index (χ1) is 13.7. The van der Waals surface area contributed by atoms with E-state index in [0.717, 1.165) is 37.0 Å². The van der Waals surface area contributed by atoms with Gasteiger partial charge >= 0.3 is 5.97 Å². The van der Waals surface area contributed by atoms with Crippen LogP contribution < -0.4 is 0 Å². The largest absolute Gasteiger partial charge is 0.470 e. The number of allylic oxidation sites excluding steroid dienone is 7. The molecule has 0 saturated heterocycles. The molecule has 0 radical (unpaired) electrons. The van der Waals surface area contributed by atoms with Crippen molar-refractivity contribution in [2.45, 2.75) is 73.5 Å². The van der Waals surface area contributed by atoms with Gasteiger partial charge in [-0.15, -0.1) is 0 Å². The van der Waals surface area contributed by atoms with Crippen LogP contribution in [0.15, 0.2) is 47.3 Å². The summed E-state index contributed by atoms with van der Waals surface area (Å²) in [5.74, 6) is 1.88. The summed E-state index contributed by atoms with van der Waals surface area (Å²) >= 11 is 0. The molecular formula is C25H38O4. The lowest BCUT2D eigenvalue weighted by atomic mass is 9.68. The van der Waals surface area contributed by atoms with E-state index in [1.807, 2.05) is 25.2 Å². The van der Waals surface area contributed by atoms with Crippen LogP contribution >= 0.6 is 0 Å². The molecule has 0 fully saturated rings. The van der Waals surface area contributed by atoms with Gasteiger partial charge in [0, 0.05) is 12.0 Å². The molecule has 4 heteroatoms. The zero-order chi connectivity index (χ0) is 21.4. The first-order valence-electron chi connectivity index (χ1n) is 10.9. The minimum absolute atomic E-state index is 0.234. The molecule has 0 aromatic rings. The lowest BCUT2D eigenvalue weighted by molar-refractivity contribution is -0.147. The summed E-state index contributed by atoms with van der Waals surface area (Å²) in [6.07, 6.45) is 13.3. The van der Waals surface area contributed by atoms with Gasteiger partial charge in [0.05, 0.1) is 12.4 Å². The van der Waals surface area contributed by atoms with E-state index in [-0.39, 0.29) is 24.3 Å². The summed E-state index contributed by atoms with van der Waals surface area (Å²) in [4.78, 5) is 11.9. The van der Waals surface area contributed by atoms with Gasteiger partial charge in [-0.05, 0) is 49.5 Å². The Morgan fingerprint density at radius 3 is 2.34 bits per heavy atom. The molecule has 0 amide bonds. The van der Waals surface area contributed by atoms with Crippen LogP contribution in [0.3, 0.4) is 0 Å². The summed E-state index contributed by atoms with van der Waals surface area (Å²) in [5.41, 5.74) is 2.48. The van der Waals surface area contributed by atoms with E-state index in [1.54, 1.807) is 0 Å². The molecule has 29 heavy (non-hydrogen) atoms. The predicted octanol–water partition coefficient (Wildman–Crippen LogP) is 6.11. The predicted molar refractivity (Wildman–Crippen MR) is 117 cm³/mol. The molecule has 2 atom stereocenters. The molecule has 4 nitrogen and oxygen atoms in total. The molecule has 0 N–H and O–H groups in total. The number of hydrogen-bond donors (Lipinski definition) is 0. The molecule has 2 rings (SSSR count). The Morgan fingerprint density at radius 1 is 1.03 bits per heavy atom. The minimum Gasteiger partial charge on any atom is -0.470 e. The van der Waals surface area contributed by atoms with E-state index >= 15 is 0 Å². The highest BCUT2D eigenvalue weighted by Gasteiger charge is 2.31. The van der Waals surface area contributed by atoms with Gasteiger partial charge in [-0.25, -0.2) is 4.79 Å². The molecule has 0 aromatic heterocycles. The number of ether oxygens (including phenoxy) is 3. The first-order valence-corrected chi connectivity index (χ1v) is 10.9. The third kappa shape index (κ3) is 7.50. The standard InChI is InChI=1S/C25H38O4/c1-18(2)23(25(4,5)6)20-12-14-22(15-13-20)29-19(3)27-16-17-28-24(26)21-10-8-7-9-11-21/h7-8,10,12,14,18-19,23H,9,11,13,15-17H2,1-6H3. The van der Waals surface area contributed by atoms with Gasteiger partial charge in [-0.3, -0.25) is 0 Å². The number of hydrogen-bond acceptors (Lipinski definition) is 4. The fourth-order valence-electron chi connectivity index (χ4n) is 4.44. The van der Waals surface area contributed by atoms with Crippen molar-refractivity contribution in [3.05, 3.63) is 47.3 Å². The minimum atomic E-state index is -0.366. The van der Waals surface area contributed by atoms with E-state index in [0.29, 0.717) is 18.4 Å². The van der Waals surface area contributed by atoms with Gasteiger partial charge in [0.15, 0.2) is 6.29 Å². The van der Waals surface area contributed by atoms with Crippen LogP contribution in [0.2, 0.25) is 0 Å². The average Bonchev–Trinajstić information content (AvgIpc) is 2.66. The van der Waals surface area contributed by atoms with Crippen LogP contribution in [0.25, 0.3) is 0 Å². The van der Waals surface area contributed by atoms with Crippen LogP contribution in [-0.4, -0.2) is 25.5 Å². The van der Waals surface area contributed by atoms with Gasteiger partial charge in [-0.2, -0.15) is 0 Å². The third-order valence-electron chi connectivity index (χ3n) is 5.40. The summed E-state index contributed by atoms with van der Waals surface area (Å²) in [5, 5.41) is 0. The van der Waals surface area contributed by atoms with Crippen molar-refractivity contribution >= 4 is 5.97 Å². The highest BCUT2D eigenvalue weighted by atomic mass is 16.7. The Balaban J connectivity index is 1.75. The zero-order valence-electron chi connectivity index (χ0n) is 19.0. The Labute approximate surface area is 176 Å². The number of carbonyl (C=O) groups is 1. The van der Waals surface area contributed by atoms with E-state index in [2.05, 4.69) is 46.8 Å². The van der Waals surface area contributed by atoms with Crippen molar-refractivity contribution in [3.63, 3.8) is 0 Å². The van der Waals surface area contributed by atoms with E-state index in [1.165, 1.54) is 5.57 Å². The molecule has 0 bridgehead atoms. The van der Waals surface area contributed by atoms with E-state index < -0.39 is 0 Å². The molecule has 0 heterocycles. The van der Waals surface area contributed by atoms with Crippen molar-refractivity contribution < 1.29 is 19.0 Å². The summed E-state index contributed by atoms with van der Waals surface area (Å²) < 4.78 is 16.8. The molecule has 0 aromatic carbocycles. The van der Waals surface area contributed by atoms with Gasteiger partial charge in [0.2, 0.25) is 0 Å². The molecule has 0 spiro atoms. The topological polar surface area (TPSA) is 44.8 Å². The normalized spacial score (nSPS) is 19.2. The Morgan fingerprint density at radius 2 is 1.79 bits per heavy atom. The fourth-order valence-corrected chi connectivity index (χ4v) is 4.44. The summed E-state index contributed by atoms with van der Waals surface area (Å²) in [7, 11) is 0. The molecule has 2 aliphatic rings. The summed E-state index contributed by atoms with van der Waals surface area (Å²) in [6.45, 7) is 14.0. The van der Waals surface area contributed by atoms with Gasteiger partial charge in [0.25, 0.3) is 0 Å². The van der Waals surface area contributed by atoms with Crippen LogP contribution in [-0.2, 0) is 19.0 Å². The number of carbonyl (C=O) groups excluding carboxylic acids is 1. The zero-order valence-corrected chi connectivity index (χ0v) is 19.0. The Hall–Kier alpha value is -1.81. The monoisotopic (exact) mass is 402 g/mol. The van der Waals surface area contributed by atoms with Crippen LogP contribution in [0.5, 0.6) is 0 Å². The molecule has 2 aliphatic carbocycles. The van der Waals surface area contributed by atoms with Crippen molar-refractivity contribution in [3.8, 4) is 0 Å². The second-order valence-electron chi connectivity index (χ2n) is 9.31. The lowest BCUT2D eigenvalue weighted by Crippen LogP contribution is -2.28. The third-order valence-corrected chi connectivity index (χ3v) is 5.40. The van der Waals surface area contributed by atoms with Crippen LogP contribution in [0.4, 0.5) is 0 Å². The smallest absolute Gasteiger partial charge is 0.334 e. The molecule has 2 unspecified atom stereocenters. The quantitative estimate of drug-likeness (QED) is 0.265. The molecule has 162 valence electrons. The maximum Gasteiger partial charge on any atom is 0.334 e. The second-order valence-corrected chi connectivity index (χ2v) is 9.31. The maximum absolute atomic E-state index is 11.9. The first kappa shape index (κ1) is 23.5. The Kier molecular flexibility index (Phi) is 8.76. The number of esters is 1. The van der Waals surface area contributed by atoms with Crippen LogP contribution in [0, 0.1) is 17.3 Å². The van der Waals surface area contributed by atoms with Gasteiger partial charge in [-0.1, -0.05) is 64.5 Å². The average molecular weight is 403 g/mol. The SMILES string of the molecule is CC(OCCOC(=O)C1=CC=CCC1)OC1=CC=C(C(C(C)C)C(C)(C)C)CC1. The second kappa shape index (κ2) is 10.8. The van der Waals surface area contributed by atoms with Crippen molar-refractivity contribution in [1.82, 2.24) is 0 Å². The van der Waals surface area contributed by atoms with E-state index in [9.17, 15) is 4.79 Å². The van der Waals surface area contributed by atoms with Gasteiger partial charge < -0.3 is 14.2 Å². The van der Waals surface area contributed by atoms with Crippen molar-refractivity contribution in [2.75, 3.05) is 13.2 Å². The molecule has 0 saturated carbocycles. The molecular weight excluding hydrogens is 364 g/mol. The highest BCUT2D eigenvalue weighted by Crippen LogP contribution is 2.41. The van der Waals surface area contributed by atoms with Gasteiger partial charge in [0.1, 0.15) is 6.61 Å². The van der Waals surface area contributed by atoms with Crippen molar-refractivity contribution in [2.24, 2.45) is 17.3 Å². The Bertz CT molecular complexity index is 673. The number of rotatable bonds is 9. The lowest BCUT2D eigenvalue weighted by Gasteiger charge is -2.37. The highest BCUT2D eigenvalue weighted by molar-refractivity contribution is 5.89. The fraction of sp³-hybridized carbons (Fsp3) is 0.640.